The third kappa shape index (κ3) is 4.84. The Balaban J connectivity index is 2.93. The Morgan fingerprint density at radius 3 is 2.79 bits per heavy atom. The van der Waals surface area contributed by atoms with E-state index in [1.165, 1.54) is 0 Å². The van der Waals surface area contributed by atoms with Crippen LogP contribution >= 0.6 is 15.9 Å². The number of benzene rings is 1. The molecule has 0 heterocycles. The largest absolute Gasteiger partial charge is 0.508 e. The van der Waals surface area contributed by atoms with E-state index in [4.69, 9.17) is 5.73 Å². The van der Waals surface area contributed by atoms with Crippen LogP contribution in [0.25, 0.3) is 0 Å². The van der Waals surface area contributed by atoms with Gasteiger partial charge in [-0.25, -0.2) is 0 Å². The number of phenolic OH excluding ortho intramolecular Hbond substituents is 1. The van der Waals surface area contributed by atoms with Crippen LogP contribution in [0, 0.1) is 0 Å². The number of aromatic hydroxyl groups is 1. The van der Waals surface area contributed by atoms with Crippen molar-refractivity contribution in [3.63, 3.8) is 0 Å². The highest BCUT2D eigenvalue weighted by Crippen LogP contribution is 2.31. The Hall–Kier alpha value is -1.07. The number of rotatable bonds is 7. The van der Waals surface area contributed by atoms with E-state index in [0.717, 1.165) is 29.4 Å². The van der Waals surface area contributed by atoms with Crippen LogP contribution in [-0.2, 0) is 4.79 Å². The molecule has 5 heteroatoms. The number of nitrogens with two attached hydrogens (primary N) is 1. The molecular formula is C14H21BrN2O2. The summed E-state index contributed by atoms with van der Waals surface area (Å²) in [6, 6.07) is 5.25. The van der Waals surface area contributed by atoms with E-state index in [0.29, 0.717) is 0 Å². The highest BCUT2D eigenvalue weighted by Gasteiger charge is 2.20. The quantitative estimate of drug-likeness (QED) is 0.808. The number of hydrogen-bond donors (Lipinski definition) is 2. The molecule has 106 valence electrons. The second kappa shape index (κ2) is 7.50. The van der Waals surface area contributed by atoms with Crippen molar-refractivity contribution in [3.8, 4) is 5.75 Å². The molecule has 0 radical (unpaired) electrons. The zero-order valence-electron chi connectivity index (χ0n) is 11.4. The van der Waals surface area contributed by atoms with Crippen molar-refractivity contribution in [2.24, 2.45) is 5.73 Å². The fourth-order valence-corrected chi connectivity index (χ4v) is 2.41. The first-order chi connectivity index (χ1) is 8.95. The molecule has 0 spiro atoms. The van der Waals surface area contributed by atoms with Gasteiger partial charge < -0.3 is 10.8 Å². The van der Waals surface area contributed by atoms with E-state index in [-0.39, 0.29) is 24.2 Å². The van der Waals surface area contributed by atoms with Crippen molar-refractivity contribution in [1.82, 2.24) is 4.90 Å². The Bertz CT molecular complexity index is 437. The van der Waals surface area contributed by atoms with E-state index in [2.05, 4.69) is 22.9 Å². The molecule has 1 unspecified atom stereocenters. The number of hydrogen-bond acceptors (Lipinski definition) is 3. The van der Waals surface area contributed by atoms with Crippen LogP contribution in [0.5, 0.6) is 5.75 Å². The molecule has 0 aliphatic rings. The van der Waals surface area contributed by atoms with Gasteiger partial charge in [0.1, 0.15) is 5.75 Å². The van der Waals surface area contributed by atoms with Crippen LogP contribution in [0.15, 0.2) is 22.7 Å². The van der Waals surface area contributed by atoms with Crippen LogP contribution in [0.1, 0.15) is 38.3 Å². The summed E-state index contributed by atoms with van der Waals surface area (Å²) in [7, 11) is 0. The second-order valence-electron chi connectivity index (χ2n) is 4.67. The summed E-state index contributed by atoms with van der Waals surface area (Å²) in [5.41, 5.74) is 6.09. The number of carbonyl (C=O) groups is 1. The fourth-order valence-electron chi connectivity index (χ4n) is 2.03. The lowest BCUT2D eigenvalue weighted by atomic mass is 10.1. The van der Waals surface area contributed by atoms with Crippen LogP contribution in [-0.4, -0.2) is 29.0 Å². The fraction of sp³-hybridized carbons (Fsp3) is 0.500. The maximum absolute atomic E-state index is 11.2. The first-order valence-electron chi connectivity index (χ1n) is 6.46. The molecule has 0 saturated carbocycles. The summed E-state index contributed by atoms with van der Waals surface area (Å²) in [4.78, 5) is 13.2. The minimum Gasteiger partial charge on any atom is -0.508 e. The van der Waals surface area contributed by atoms with Gasteiger partial charge >= 0.3 is 0 Å². The second-order valence-corrected chi connectivity index (χ2v) is 5.59. The highest BCUT2D eigenvalue weighted by molar-refractivity contribution is 9.10. The van der Waals surface area contributed by atoms with Crippen LogP contribution in [0.3, 0.4) is 0 Å². The van der Waals surface area contributed by atoms with Crippen molar-refractivity contribution in [2.45, 2.75) is 32.7 Å². The Kier molecular flexibility index (Phi) is 6.31. The number of nitrogens with zero attached hydrogens (tertiary/aromatic N) is 1. The third-order valence-electron chi connectivity index (χ3n) is 3.15. The number of amides is 1. The molecule has 1 rings (SSSR count). The number of unbranched alkanes of at least 4 members (excludes halogenated alkanes) is 1. The predicted molar refractivity (Wildman–Crippen MR) is 79.9 cm³/mol. The van der Waals surface area contributed by atoms with Gasteiger partial charge in [0.25, 0.3) is 0 Å². The summed E-state index contributed by atoms with van der Waals surface area (Å²) in [6.45, 7) is 5.06. The maximum atomic E-state index is 11.2. The molecule has 3 N–H and O–H groups in total. The average molecular weight is 329 g/mol. The molecule has 0 aliphatic heterocycles. The topological polar surface area (TPSA) is 66.6 Å². The number of phenols is 1. The Morgan fingerprint density at radius 2 is 2.21 bits per heavy atom. The molecule has 0 saturated heterocycles. The van der Waals surface area contributed by atoms with E-state index < -0.39 is 0 Å². The molecule has 1 aromatic carbocycles. The average Bonchev–Trinajstić information content (AvgIpc) is 2.36. The summed E-state index contributed by atoms with van der Waals surface area (Å²) in [5, 5.41) is 9.95. The van der Waals surface area contributed by atoms with E-state index in [1.54, 1.807) is 12.1 Å². The first kappa shape index (κ1) is 16.0. The molecule has 0 aliphatic carbocycles. The number of primary amides is 1. The first-order valence-corrected chi connectivity index (χ1v) is 7.25. The van der Waals surface area contributed by atoms with Gasteiger partial charge in [-0.2, -0.15) is 0 Å². The summed E-state index contributed by atoms with van der Waals surface area (Å²) in [6.07, 6.45) is 2.04. The monoisotopic (exact) mass is 328 g/mol. The van der Waals surface area contributed by atoms with Crippen molar-refractivity contribution in [1.29, 1.82) is 0 Å². The van der Waals surface area contributed by atoms with Gasteiger partial charge in [-0.1, -0.05) is 29.3 Å². The van der Waals surface area contributed by atoms with Gasteiger partial charge in [0.15, 0.2) is 0 Å². The lowest BCUT2D eigenvalue weighted by Crippen LogP contribution is -2.36. The molecule has 1 atom stereocenters. The number of carbonyl (C=O) groups excluding carboxylic acids is 1. The van der Waals surface area contributed by atoms with E-state index in [9.17, 15) is 9.90 Å². The summed E-state index contributed by atoms with van der Waals surface area (Å²) in [5.74, 6) is -0.112. The zero-order valence-corrected chi connectivity index (χ0v) is 13.0. The smallest absolute Gasteiger partial charge is 0.231 e. The van der Waals surface area contributed by atoms with Crippen LogP contribution < -0.4 is 5.73 Å². The third-order valence-corrected chi connectivity index (χ3v) is 3.64. The standard InChI is InChI=1S/C14H21BrN2O2/c1-3-4-7-17(9-14(16)19)10(2)12-8-11(15)5-6-13(12)18/h5-6,8,10,18H,3-4,7,9H2,1-2H3,(H2,16,19). The van der Waals surface area contributed by atoms with Gasteiger partial charge in [-0.3, -0.25) is 9.69 Å². The molecule has 4 nitrogen and oxygen atoms in total. The maximum Gasteiger partial charge on any atom is 0.231 e. The summed E-state index contributed by atoms with van der Waals surface area (Å²) < 4.78 is 0.904. The van der Waals surface area contributed by atoms with Gasteiger partial charge in [0, 0.05) is 16.1 Å². The predicted octanol–water partition coefficient (Wildman–Crippen LogP) is 2.80. The molecule has 0 aromatic heterocycles. The number of halogens is 1. The minimum absolute atomic E-state index is 0.0588. The zero-order chi connectivity index (χ0) is 14.4. The van der Waals surface area contributed by atoms with Gasteiger partial charge in [-0.05, 0) is 38.1 Å². The van der Waals surface area contributed by atoms with Crippen molar-refractivity contribution < 1.29 is 9.90 Å². The highest BCUT2D eigenvalue weighted by atomic mass is 79.9. The van der Waals surface area contributed by atoms with E-state index >= 15 is 0 Å². The SMILES string of the molecule is CCCCN(CC(N)=O)C(C)c1cc(Br)ccc1O. The lowest BCUT2D eigenvalue weighted by molar-refractivity contribution is -0.119. The van der Waals surface area contributed by atoms with Crippen molar-refractivity contribution in [3.05, 3.63) is 28.2 Å². The van der Waals surface area contributed by atoms with Crippen LogP contribution in [0.4, 0.5) is 0 Å². The Morgan fingerprint density at radius 1 is 1.53 bits per heavy atom. The minimum atomic E-state index is -0.350. The lowest BCUT2D eigenvalue weighted by Gasteiger charge is -2.28. The molecule has 1 aromatic rings. The summed E-state index contributed by atoms with van der Waals surface area (Å²) >= 11 is 3.40. The van der Waals surface area contributed by atoms with Gasteiger partial charge in [0.05, 0.1) is 6.54 Å². The molecule has 19 heavy (non-hydrogen) atoms. The molecule has 0 fully saturated rings. The molecule has 1 amide bonds. The normalized spacial score (nSPS) is 12.6. The van der Waals surface area contributed by atoms with Crippen molar-refractivity contribution in [2.75, 3.05) is 13.1 Å². The molecular weight excluding hydrogens is 308 g/mol. The van der Waals surface area contributed by atoms with E-state index in [1.807, 2.05) is 17.9 Å². The van der Waals surface area contributed by atoms with Gasteiger partial charge in [0.2, 0.25) is 5.91 Å². The Labute approximate surface area is 122 Å². The van der Waals surface area contributed by atoms with Gasteiger partial charge in [-0.15, -0.1) is 0 Å². The van der Waals surface area contributed by atoms with Crippen LogP contribution in [0.2, 0.25) is 0 Å². The van der Waals surface area contributed by atoms with Crippen molar-refractivity contribution >= 4 is 21.8 Å². The molecule has 0 bridgehead atoms.